The van der Waals surface area contributed by atoms with Gasteiger partial charge in [-0.05, 0) is 6.92 Å². The molecule has 0 saturated carbocycles. The Balaban J connectivity index is 2.08. The van der Waals surface area contributed by atoms with E-state index in [4.69, 9.17) is 0 Å². The van der Waals surface area contributed by atoms with Gasteiger partial charge in [0.15, 0.2) is 17.5 Å². The van der Waals surface area contributed by atoms with Crippen molar-refractivity contribution in [2.45, 2.75) is 13.5 Å². The van der Waals surface area contributed by atoms with Gasteiger partial charge in [0.1, 0.15) is 6.33 Å². The predicted molar refractivity (Wildman–Crippen MR) is 48.4 cm³/mol. The van der Waals surface area contributed by atoms with E-state index in [-0.39, 0.29) is 12.4 Å². The van der Waals surface area contributed by atoms with E-state index in [1.54, 1.807) is 6.92 Å². The van der Waals surface area contributed by atoms with Gasteiger partial charge in [-0.2, -0.15) is 4.98 Å². The summed E-state index contributed by atoms with van der Waals surface area (Å²) in [5.41, 5.74) is 0.292. The van der Waals surface area contributed by atoms with Crippen molar-refractivity contribution in [3.05, 3.63) is 30.1 Å². The molecule has 0 unspecified atom stereocenters. The fourth-order valence-electron chi connectivity index (χ4n) is 1.01. The Hall–Kier alpha value is -2.05. The third-order valence-electron chi connectivity index (χ3n) is 1.78. The van der Waals surface area contributed by atoms with E-state index in [9.17, 15) is 4.39 Å². The van der Waals surface area contributed by atoms with E-state index >= 15 is 0 Å². The standard InChI is InChI=1S/C8H8FN5O/c1-5-7(9)8(12-3-11-5)10-2-6-13-4-15-14-6/h3-4H,2H2,1H3,(H,10,11,12). The lowest BCUT2D eigenvalue weighted by Gasteiger charge is -2.04. The SMILES string of the molecule is Cc1ncnc(NCc2ncon2)c1F. The summed E-state index contributed by atoms with van der Waals surface area (Å²) in [7, 11) is 0. The van der Waals surface area contributed by atoms with Crippen LogP contribution in [0.15, 0.2) is 17.2 Å². The molecule has 0 aliphatic carbocycles. The number of nitrogens with zero attached hydrogens (tertiary/aromatic N) is 4. The second kappa shape index (κ2) is 3.99. The summed E-state index contributed by atoms with van der Waals surface area (Å²) in [4.78, 5) is 11.2. The minimum Gasteiger partial charge on any atom is -0.360 e. The van der Waals surface area contributed by atoms with Crippen LogP contribution in [-0.4, -0.2) is 20.1 Å². The van der Waals surface area contributed by atoms with Crippen LogP contribution >= 0.6 is 0 Å². The first kappa shape index (κ1) is 9.50. The van der Waals surface area contributed by atoms with Crippen LogP contribution in [0.4, 0.5) is 10.2 Å². The number of anilines is 1. The summed E-state index contributed by atoms with van der Waals surface area (Å²) >= 11 is 0. The van der Waals surface area contributed by atoms with Crippen LogP contribution in [0.5, 0.6) is 0 Å². The maximum atomic E-state index is 13.4. The van der Waals surface area contributed by atoms with Crippen molar-refractivity contribution in [2.75, 3.05) is 5.32 Å². The Morgan fingerprint density at radius 2 is 2.27 bits per heavy atom. The molecular formula is C8H8FN5O. The summed E-state index contributed by atoms with van der Waals surface area (Å²) in [5, 5.41) is 6.31. The minimum atomic E-state index is -0.471. The Bertz CT molecular complexity index is 444. The van der Waals surface area contributed by atoms with Crippen LogP contribution in [0.25, 0.3) is 0 Å². The Morgan fingerprint density at radius 3 is 3.00 bits per heavy atom. The monoisotopic (exact) mass is 209 g/mol. The largest absolute Gasteiger partial charge is 0.360 e. The molecule has 2 heterocycles. The van der Waals surface area contributed by atoms with Gasteiger partial charge >= 0.3 is 0 Å². The number of hydrogen-bond acceptors (Lipinski definition) is 6. The number of hydrogen-bond donors (Lipinski definition) is 1. The fourth-order valence-corrected chi connectivity index (χ4v) is 1.01. The van der Waals surface area contributed by atoms with Gasteiger partial charge in [-0.1, -0.05) is 5.16 Å². The van der Waals surface area contributed by atoms with E-state index < -0.39 is 5.82 Å². The van der Waals surface area contributed by atoms with Gasteiger partial charge in [-0.3, -0.25) is 0 Å². The van der Waals surface area contributed by atoms with E-state index in [0.717, 1.165) is 0 Å². The summed E-state index contributed by atoms with van der Waals surface area (Å²) < 4.78 is 17.9. The molecule has 0 saturated heterocycles. The first-order chi connectivity index (χ1) is 7.27. The second-order valence-electron chi connectivity index (χ2n) is 2.82. The van der Waals surface area contributed by atoms with E-state index in [1.165, 1.54) is 12.7 Å². The molecule has 7 heteroatoms. The maximum absolute atomic E-state index is 13.4. The number of aromatic nitrogens is 4. The minimum absolute atomic E-state index is 0.132. The molecule has 0 fully saturated rings. The molecule has 15 heavy (non-hydrogen) atoms. The van der Waals surface area contributed by atoms with Gasteiger partial charge in [-0.15, -0.1) is 0 Å². The predicted octanol–water partition coefficient (Wildman–Crippen LogP) is 0.919. The summed E-state index contributed by atoms with van der Waals surface area (Å²) in [6.07, 6.45) is 2.50. The summed E-state index contributed by atoms with van der Waals surface area (Å²) in [6.45, 7) is 1.82. The lowest BCUT2D eigenvalue weighted by molar-refractivity contribution is 0.411. The average molecular weight is 209 g/mol. The van der Waals surface area contributed by atoms with Crippen molar-refractivity contribution < 1.29 is 8.91 Å². The van der Waals surface area contributed by atoms with Gasteiger partial charge in [0.05, 0.1) is 12.2 Å². The van der Waals surface area contributed by atoms with Gasteiger partial charge in [0.25, 0.3) is 0 Å². The third kappa shape index (κ3) is 2.06. The van der Waals surface area contributed by atoms with Gasteiger partial charge < -0.3 is 9.84 Å². The van der Waals surface area contributed by atoms with Gasteiger partial charge in [0.2, 0.25) is 6.39 Å². The number of rotatable bonds is 3. The summed E-state index contributed by atoms with van der Waals surface area (Å²) in [6, 6.07) is 0. The molecule has 0 spiro atoms. The molecular weight excluding hydrogens is 201 g/mol. The Labute approximate surface area is 84.6 Å². The molecule has 78 valence electrons. The Kier molecular flexibility index (Phi) is 2.53. The van der Waals surface area contributed by atoms with Crippen LogP contribution < -0.4 is 5.32 Å². The average Bonchev–Trinajstić information content (AvgIpc) is 2.73. The lowest BCUT2D eigenvalue weighted by Crippen LogP contribution is -2.06. The Morgan fingerprint density at radius 1 is 1.40 bits per heavy atom. The van der Waals surface area contributed by atoms with E-state index in [1.807, 2.05) is 0 Å². The number of aryl methyl sites for hydroxylation is 1. The van der Waals surface area contributed by atoms with Crippen LogP contribution in [-0.2, 0) is 6.54 Å². The van der Waals surface area contributed by atoms with Gasteiger partial charge in [-0.25, -0.2) is 14.4 Å². The molecule has 2 rings (SSSR count). The molecule has 2 aromatic rings. The first-order valence-corrected chi connectivity index (χ1v) is 4.23. The van der Waals surface area contributed by atoms with Crippen molar-refractivity contribution >= 4 is 5.82 Å². The molecule has 2 aromatic heterocycles. The molecule has 0 atom stereocenters. The smallest absolute Gasteiger partial charge is 0.213 e. The zero-order chi connectivity index (χ0) is 10.7. The molecule has 0 radical (unpaired) electrons. The van der Waals surface area contributed by atoms with Crippen LogP contribution in [0.2, 0.25) is 0 Å². The van der Waals surface area contributed by atoms with Gasteiger partial charge in [0, 0.05) is 0 Å². The third-order valence-corrected chi connectivity index (χ3v) is 1.78. The zero-order valence-electron chi connectivity index (χ0n) is 7.94. The number of halogens is 1. The zero-order valence-corrected chi connectivity index (χ0v) is 7.94. The van der Waals surface area contributed by atoms with E-state index in [0.29, 0.717) is 11.5 Å². The van der Waals surface area contributed by atoms with Crippen LogP contribution in [0.3, 0.4) is 0 Å². The van der Waals surface area contributed by atoms with Crippen molar-refractivity contribution in [1.29, 1.82) is 0 Å². The maximum Gasteiger partial charge on any atom is 0.213 e. The quantitative estimate of drug-likeness (QED) is 0.809. The fraction of sp³-hybridized carbons (Fsp3) is 0.250. The molecule has 6 nitrogen and oxygen atoms in total. The highest BCUT2D eigenvalue weighted by atomic mass is 19.1. The highest BCUT2D eigenvalue weighted by Crippen LogP contribution is 2.11. The topological polar surface area (TPSA) is 76.7 Å². The normalized spacial score (nSPS) is 10.3. The second-order valence-corrected chi connectivity index (χ2v) is 2.82. The van der Waals surface area contributed by atoms with Crippen molar-refractivity contribution in [1.82, 2.24) is 20.1 Å². The molecule has 0 aromatic carbocycles. The van der Waals surface area contributed by atoms with Crippen molar-refractivity contribution in [3.63, 3.8) is 0 Å². The number of nitrogens with one attached hydrogen (secondary N) is 1. The van der Waals surface area contributed by atoms with Crippen LogP contribution in [0, 0.1) is 12.7 Å². The highest BCUT2D eigenvalue weighted by molar-refractivity contribution is 5.36. The summed E-state index contributed by atoms with van der Waals surface area (Å²) in [5.74, 6) is 0.0963. The molecule has 0 bridgehead atoms. The molecule has 0 aliphatic rings. The van der Waals surface area contributed by atoms with Crippen molar-refractivity contribution in [2.24, 2.45) is 0 Å². The lowest BCUT2D eigenvalue weighted by atomic mass is 10.4. The highest BCUT2D eigenvalue weighted by Gasteiger charge is 2.07. The van der Waals surface area contributed by atoms with E-state index in [2.05, 4.69) is 29.9 Å². The molecule has 0 amide bonds. The van der Waals surface area contributed by atoms with Crippen molar-refractivity contribution in [3.8, 4) is 0 Å². The molecule has 1 N–H and O–H groups in total. The molecule has 0 aliphatic heterocycles. The first-order valence-electron chi connectivity index (χ1n) is 4.23. The van der Waals surface area contributed by atoms with Crippen LogP contribution in [0.1, 0.15) is 11.5 Å².